The van der Waals surface area contributed by atoms with Gasteiger partial charge in [-0.25, -0.2) is 15.0 Å². The minimum Gasteiger partial charge on any atom is -0.368 e. The molecule has 3 heterocycles. The maximum atomic E-state index is 12.1. The maximum absolute atomic E-state index is 12.1. The molecule has 0 amide bonds. The van der Waals surface area contributed by atoms with Gasteiger partial charge in [0.15, 0.2) is 0 Å². The molecule has 5 rings (SSSR count). The second-order valence-electron chi connectivity index (χ2n) is 7.18. The van der Waals surface area contributed by atoms with Crippen LogP contribution in [0.25, 0.3) is 16.9 Å². The Morgan fingerprint density at radius 1 is 0.903 bits per heavy atom. The lowest BCUT2D eigenvalue weighted by atomic mass is 10.2. The van der Waals surface area contributed by atoms with Crippen molar-refractivity contribution in [3.05, 3.63) is 76.3 Å². The lowest BCUT2D eigenvalue weighted by molar-refractivity contribution is -0.384. The molecule has 31 heavy (non-hydrogen) atoms. The van der Waals surface area contributed by atoms with Gasteiger partial charge in [-0.3, -0.25) is 14.7 Å². The van der Waals surface area contributed by atoms with Crippen molar-refractivity contribution in [3.63, 3.8) is 0 Å². The van der Waals surface area contributed by atoms with Gasteiger partial charge >= 0.3 is 5.69 Å². The lowest BCUT2D eigenvalue weighted by Gasteiger charge is -2.36. The standard InChI is InChI=1S/C21H18ClN7O2/c22-15-4-3-5-16(12-15)26-8-10-27(11-9-26)20-19(29(30)31)21(24-13-23-20)28-14-25-17-6-1-2-7-18(17)28/h1-7,12-14H,8-11H2. The van der Waals surface area contributed by atoms with E-state index in [1.165, 1.54) is 6.33 Å². The Kier molecular flexibility index (Phi) is 4.87. The summed E-state index contributed by atoms with van der Waals surface area (Å²) < 4.78 is 1.64. The van der Waals surface area contributed by atoms with Crippen molar-refractivity contribution in [1.82, 2.24) is 19.5 Å². The van der Waals surface area contributed by atoms with E-state index in [0.717, 1.165) is 16.7 Å². The van der Waals surface area contributed by atoms with E-state index in [1.807, 2.05) is 53.4 Å². The van der Waals surface area contributed by atoms with Gasteiger partial charge in [-0.1, -0.05) is 29.8 Å². The number of hydrogen-bond donors (Lipinski definition) is 0. The van der Waals surface area contributed by atoms with Gasteiger partial charge in [-0.2, -0.15) is 0 Å². The maximum Gasteiger partial charge on any atom is 0.354 e. The van der Waals surface area contributed by atoms with Crippen molar-refractivity contribution in [3.8, 4) is 5.82 Å². The molecule has 4 aromatic rings. The molecule has 0 N–H and O–H groups in total. The van der Waals surface area contributed by atoms with E-state index in [9.17, 15) is 10.1 Å². The third kappa shape index (κ3) is 3.53. The Labute approximate surface area is 182 Å². The normalized spacial score (nSPS) is 14.2. The number of rotatable bonds is 4. The van der Waals surface area contributed by atoms with Crippen LogP contribution in [0, 0.1) is 10.1 Å². The summed E-state index contributed by atoms with van der Waals surface area (Å²) in [5.41, 5.74) is 2.41. The van der Waals surface area contributed by atoms with Gasteiger partial charge in [-0.15, -0.1) is 0 Å². The molecule has 9 nitrogen and oxygen atoms in total. The zero-order chi connectivity index (χ0) is 21.4. The minimum atomic E-state index is -0.414. The van der Waals surface area contributed by atoms with Crippen LogP contribution in [0.15, 0.2) is 61.2 Å². The van der Waals surface area contributed by atoms with Crippen LogP contribution in [-0.2, 0) is 0 Å². The highest BCUT2D eigenvalue weighted by atomic mass is 35.5. The summed E-state index contributed by atoms with van der Waals surface area (Å²) in [7, 11) is 0. The third-order valence-corrected chi connectivity index (χ3v) is 5.64. The number of nitrogens with zero attached hydrogens (tertiary/aromatic N) is 7. The van der Waals surface area contributed by atoms with Crippen LogP contribution < -0.4 is 9.80 Å². The van der Waals surface area contributed by atoms with Gasteiger partial charge in [0.25, 0.3) is 0 Å². The van der Waals surface area contributed by atoms with Crippen molar-refractivity contribution in [2.24, 2.45) is 0 Å². The number of aromatic nitrogens is 4. The summed E-state index contributed by atoms with van der Waals surface area (Å²) in [6, 6.07) is 15.1. The minimum absolute atomic E-state index is 0.123. The largest absolute Gasteiger partial charge is 0.368 e. The van der Waals surface area contributed by atoms with Crippen LogP contribution >= 0.6 is 11.6 Å². The van der Waals surface area contributed by atoms with E-state index in [0.29, 0.717) is 37.0 Å². The van der Waals surface area contributed by atoms with Gasteiger partial charge in [0.05, 0.1) is 16.0 Å². The molecule has 0 saturated carbocycles. The second-order valence-corrected chi connectivity index (χ2v) is 7.62. The summed E-state index contributed by atoms with van der Waals surface area (Å²) in [6.07, 6.45) is 2.93. The van der Waals surface area contributed by atoms with Crippen molar-refractivity contribution < 1.29 is 4.92 Å². The van der Waals surface area contributed by atoms with Crippen LogP contribution in [0.1, 0.15) is 0 Å². The number of piperazine rings is 1. The average molecular weight is 436 g/mol. The van der Waals surface area contributed by atoms with E-state index < -0.39 is 4.92 Å². The fourth-order valence-corrected chi connectivity index (χ4v) is 4.09. The van der Waals surface area contributed by atoms with E-state index in [1.54, 1.807) is 10.9 Å². The fraction of sp³-hybridized carbons (Fsp3) is 0.190. The number of fused-ring (bicyclic) bond motifs is 1. The molecule has 0 spiro atoms. The highest BCUT2D eigenvalue weighted by Gasteiger charge is 2.30. The first kappa shape index (κ1) is 19.3. The predicted molar refractivity (Wildman–Crippen MR) is 119 cm³/mol. The highest BCUT2D eigenvalue weighted by Crippen LogP contribution is 2.33. The summed E-state index contributed by atoms with van der Waals surface area (Å²) >= 11 is 6.12. The molecule has 10 heteroatoms. The molecule has 0 aliphatic carbocycles. The molecule has 2 aromatic heterocycles. The smallest absolute Gasteiger partial charge is 0.354 e. The number of nitro groups is 1. The molecule has 1 fully saturated rings. The zero-order valence-corrected chi connectivity index (χ0v) is 17.2. The van der Waals surface area contributed by atoms with Crippen LogP contribution in [0.2, 0.25) is 5.02 Å². The first-order valence-corrected chi connectivity index (χ1v) is 10.2. The van der Waals surface area contributed by atoms with Gasteiger partial charge in [0, 0.05) is 36.9 Å². The molecule has 0 radical (unpaired) electrons. The second kappa shape index (κ2) is 7.84. The van der Waals surface area contributed by atoms with Crippen LogP contribution in [0.4, 0.5) is 17.2 Å². The molecule has 0 atom stereocenters. The number of benzene rings is 2. The number of anilines is 2. The Morgan fingerprint density at radius 2 is 1.65 bits per heavy atom. The Hall–Kier alpha value is -3.72. The number of imidazole rings is 1. The SMILES string of the molecule is O=[N+]([O-])c1c(N2CCN(c3cccc(Cl)c3)CC2)ncnc1-n1cnc2ccccc21. The average Bonchev–Trinajstić information content (AvgIpc) is 3.23. The van der Waals surface area contributed by atoms with Crippen molar-refractivity contribution >= 4 is 39.8 Å². The molecule has 0 bridgehead atoms. The van der Waals surface area contributed by atoms with Crippen LogP contribution in [0.3, 0.4) is 0 Å². The van der Waals surface area contributed by atoms with Crippen LogP contribution in [0.5, 0.6) is 0 Å². The van der Waals surface area contributed by atoms with Gasteiger partial charge in [0.1, 0.15) is 12.7 Å². The van der Waals surface area contributed by atoms with E-state index in [4.69, 9.17) is 11.6 Å². The number of hydrogen-bond acceptors (Lipinski definition) is 7. The van der Waals surface area contributed by atoms with Crippen molar-refractivity contribution in [2.45, 2.75) is 0 Å². The lowest BCUT2D eigenvalue weighted by Crippen LogP contribution is -2.47. The van der Waals surface area contributed by atoms with Gasteiger partial charge in [0.2, 0.25) is 11.6 Å². The molecule has 1 aliphatic rings. The number of halogens is 1. The molecule has 156 valence electrons. The zero-order valence-electron chi connectivity index (χ0n) is 16.4. The molecule has 1 saturated heterocycles. The van der Waals surface area contributed by atoms with Gasteiger partial charge in [-0.05, 0) is 30.3 Å². The number of para-hydroxylation sites is 2. The van der Waals surface area contributed by atoms with Crippen molar-refractivity contribution in [2.75, 3.05) is 36.0 Å². The molecular weight excluding hydrogens is 418 g/mol. The summed E-state index contributed by atoms with van der Waals surface area (Å²) in [6.45, 7) is 2.58. The van der Waals surface area contributed by atoms with E-state index in [-0.39, 0.29) is 11.5 Å². The van der Waals surface area contributed by atoms with E-state index >= 15 is 0 Å². The molecular formula is C21H18ClN7O2. The summed E-state index contributed by atoms with van der Waals surface area (Å²) in [5, 5.41) is 12.8. The Bertz CT molecular complexity index is 1270. The highest BCUT2D eigenvalue weighted by molar-refractivity contribution is 6.30. The predicted octanol–water partition coefficient (Wildman–Crippen LogP) is 3.70. The van der Waals surface area contributed by atoms with Gasteiger partial charge < -0.3 is 9.80 Å². The van der Waals surface area contributed by atoms with Crippen LogP contribution in [-0.4, -0.2) is 50.6 Å². The Morgan fingerprint density at radius 3 is 2.42 bits per heavy atom. The summed E-state index contributed by atoms with van der Waals surface area (Å²) in [4.78, 5) is 28.7. The molecule has 1 aliphatic heterocycles. The first-order chi connectivity index (χ1) is 15.1. The van der Waals surface area contributed by atoms with Crippen molar-refractivity contribution in [1.29, 1.82) is 0 Å². The molecule has 2 aromatic carbocycles. The quantitative estimate of drug-likeness (QED) is 0.356. The molecule has 0 unspecified atom stereocenters. The monoisotopic (exact) mass is 435 g/mol. The Balaban J connectivity index is 1.48. The summed E-state index contributed by atoms with van der Waals surface area (Å²) in [5.74, 6) is 0.527. The van der Waals surface area contributed by atoms with E-state index in [2.05, 4.69) is 19.9 Å². The first-order valence-electron chi connectivity index (χ1n) is 9.79. The topological polar surface area (TPSA) is 93.2 Å². The fourth-order valence-electron chi connectivity index (χ4n) is 3.91. The third-order valence-electron chi connectivity index (χ3n) is 5.40.